The summed E-state index contributed by atoms with van der Waals surface area (Å²) in [5, 5.41) is 0. The zero-order chi connectivity index (χ0) is 18.0. The summed E-state index contributed by atoms with van der Waals surface area (Å²) in [6.45, 7) is 3.44. The van der Waals surface area contributed by atoms with Crippen molar-refractivity contribution in [3.8, 4) is 0 Å². The summed E-state index contributed by atoms with van der Waals surface area (Å²) in [6, 6.07) is 5.08. The van der Waals surface area contributed by atoms with Crippen molar-refractivity contribution in [2.75, 3.05) is 19.6 Å². The molecule has 138 valence electrons. The molecule has 2 unspecified atom stereocenters. The van der Waals surface area contributed by atoms with Crippen molar-refractivity contribution in [1.29, 1.82) is 0 Å². The van der Waals surface area contributed by atoms with Crippen molar-refractivity contribution in [2.45, 2.75) is 50.0 Å². The van der Waals surface area contributed by atoms with E-state index in [1.807, 2.05) is 4.90 Å². The van der Waals surface area contributed by atoms with Crippen LogP contribution in [0.25, 0.3) is 0 Å². The maximum Gasteiger partial charge on any atom is 0.243 e. The Labute approximate surface area is 148 Å². The molecule has 3 rings (SSSR count). The molecule has 1 aromatic carbocycles. The normalized spacial score (nSPS) is 25.8. The van der Waals surface area contributed by atoms with Crippen molar-refractivity contribution in [1.82, 2.24) is 9.21 Å². The summed E-state index contributed by atoms with van der Waals surface area (Å²) in [6.07, 6.45) is 4.55. The van der Waals surface area contributed by atoms with Crippen LogP contribution in [-0.2, 0) is 14.8 Å². The molecule has 5 nitrogen and oxygen atoms in total. The van der Waals surface area contributed by atoms with Gasteiger partial charge in [0.2, 0.25) is 15.9 Å². The summed E-state index contributed by atoms with van der Waals surface area (Å²) >= 11 is 0. The summed E-state index contributed by atoms with van der Waals surface area (Å²) in [5.41, 5.74) is 0. The minimum absolute atomic E-state index is 0.0752. The number of amides is 1. The second-order valence-electron chi connectivity index (χ2n) is 7.03. The first-order valence-electron chi connectivity index (χ1n) is 8.96. The summed E-state index contributed by atoms with van der Waals surface area (Å²) in [5.74, 6) is -0.680. The smallest absolute Gasteiger partial charge is 0.243 e. The van der Waals surface area contributed by atoms with Gasteiger partial charge in [0.15, 0.2) is 0 Å². The van der Waals surface area contributed by atoms with Gasteiger partial charge in [0.25, 0.3) is 0 Å². The minimum atomic E-state index is -3.69. The molecule has 0 N–H and O–H groups in total. The first-order chi connectivity index (χ1) is 11.9. The fraction of sp³-hybridized carbons (Fsp3) is 0.611. The predicted molar refractivity (Wildman–Crippen MR) is 92.9 cm³/mol. The second-order valence-corrected chi connectivity index (χ2v) is 8.97. The third-order valence-corrected chi connectivity index (χ3v) is 7.15. The van der Waals surface area contributed by atoms with Crippen LogP contribution in [0.2, 0.25) is 0 Å². The maximum atomic E-state index is 13.1. The largest absolute Gasteiger partial charge is 0.340 e. The molecular formula is C18H25FN2O3S. The van der Waals surface area contributed by atoms with Crippen molar-refractivity contribution < 1.29 is 17.6 Å². The van der Waals surface area contributed by atoms with Gasteiger partial charge >= 0.3 is 0 Å². The van der Waals surface area contributed by atoms with E-state index in [-0.39, 0.29) is 29.3 Å². The van der Waals surface area contributed by atoms with E-state index < -0.39 is 15.8 Å². The van der Waals surface area contributed by atoms with Crippen LogP contribution in [-0.4, -0.2) is 49.2 Å². The number of carbonyl (C=O) groups is 1. The fourth-order valence-electron chi connectivity index (χ4n) is 3.78. The van der Waals surface area contributed by atoms with Crippen LogP contribution in [0.3, 0.4) is 0 Å². The first kappa shape index (κ1) is 18.3. The van der Waals surface area contributed by atoms with Gasteiger partial charge in [0, 0.05) is 25.7 Å². The highest BCUT2D eigenvalue weighted by molar-refractivity contribution is 7.89. The Morgan fingerprint density at radius 3 is 2.48 bits per heavy atom. The first-order valence-corrected chi connectivity index (χ1v) is 10.4. The van der Waals surface area contributed by atoms with Gasteiger partial charge < -0.3 is 4.90 Å². The van der Waals surface area contributed by atoms with Gasteiger partial charge in [0.1, 0.15) is 5.82 Å². The van der Waals surface area contributed by atoms with E-state index >= 15 is 0 Å². The third-order valence-electron chi connectivity index (χ3n) is 5.27. The molecule has 0 aliphatic carbocycles. The molecule has 0 spiro atoms. The van der Waals surface area contributed by atoms with Gasteiger partial charge in [-0.25, -0.2) is 12.8 Å². The number of hydrogen-bond donors (Lipinski definition) is 0. The lowest BCUT2D eigenvalue weighted by atomic mass is 9.95. The Morgan fingerprint density at radius 1 is 1.08 bits per heavy atom. The molecule has 2 aliphatic rings. The molecule has 2 fully saturated rings. The molecule has 2 aliphatic heterocycles. The van der Waals surface area contributed by atoms with Crippen LogP contribution in [0, 0.1) is 11.7 Å². The Kier molecular flexibility index (Phi) is 5.43. The highest BCUT2D eigenvalue weighted by Gasteiger charge is 2.36. The van der Waals surface area contributed by atoms with E-state index in [9.17, 15) is 17.6 Å². The monoisotopic (exact) mass is 368 g/mol. The molecule has 7 heteroatoms. The lowest BCUT2D eigenvalue weighted by Crippen LogP contribution is -2.50. The lowest BCUT2D eigenvalue weighted by molar-refractivity contribution is -0.140. The number of piperidine rings is 2. The lowest BCUT2D eigenvalue weighted by Gasteiger charge is -2.38. The van der Waals surface area contributed by atoms with Crippen LogP contribution in [0.15, 0.2) is 29.2 Å². The van der Waals surface area contributed by atoms with Gasteiger partial charge in [-0.05, 0) is 63.3 Å². The van der Waals surface area contributed by atoms with Gasteiger partial charge in [-0.15, -0.1) is 0 Å². The van der Waals surface area contributed by atoms with Crippen LogP contribution in [0.1, 0.15) is 39.0 Å². The molecule has 2 atom stereocenters. The number of halogens is 1. The average Bonchev–Trinajstić information content (AvgIpc) is 2.62. The van der Waals surface area contributed by atoms with Crippen molar-refractivity contribution in [3.63, 3.8) is 0 Å². The van der Waals surface area contributed by atoms with E-state index in [0.717, 1.165) is 44.4 Å². The van der Waals surface area contributed by atoms with Gasteiger partial charge in [-0.3, -0.25) is 4.79 Å². The van der Waals surface area contributed by atoms with Crippen molar-refractivity contribution in [3.05, 3.63) is 30.1 Å². The van der Waals surface area contributed by atoms with E-state index in [2.05, 4.69) is 6.92 Å². The van der Waals surface area contributed by atoms with Crippen molar-refractivity contribution >= 4 is 15.9 Å². The molecule has 2 heterocycles. The van der Waals surface area contributed by atoms with E-state index in [0.29, 0.717) is 13.0 Å². The summed E-state index contributed by atoms with van der Waals surface area (Å²) in [4.78, 5) is 14.9. The number of hydrogen-bond acceptors (Lipinski definition) is 3. The molecule has 25 heavy (non-hydrogen) atoms. The molecule has 0 saturated carbocycles. The van der Waals surface area contributed by atoms with Gasteiger partial charge in [-0.1, -0.05) is 0 Å². The highest BCUT2D eigenvalue weighted by Crippen LogP contribution is 2.27. The quantitative estimate of drug-likeness (QED) is 0.824. The Bertz CT molecular complexity index is 720. The Balaban J connectivity index is 1.74. The fourth-order valence-corrected chi connectivity index (χ4v) is 5.30. The molecule has 1 aromatic rings. The molecule has 0 radical (unpaired) electrons. The van der Waals surface area contributed by atoms with E-state index in [1.54, 1.807) is 0 Å². The van der Waals surface area contributed by atoms with Gasteiger partial charge in [0.05, 0.1) is 10.8 Å². The van der Waals surface area contributed by atoms with E-state index in [4.69, 9.17) is 0 Å². The Morgan fingerprint density at radius 2 is 1.80 bits per heavy atom. The molecule has 0 bridgehead atoms. The van der Waals surface area contributed by atoms with Crippen LogP contribution in [0.5, 0.6) is 0 Å². The Hall–Kier alpha value is -1.47. The number of nitrogens with zero attached hydrogens (tertiary/aromatic N) is 2. The second kappa shape index (κ2) is 7.41. The third kappa shape index (κ3) is 3.87. The van der Waals surface area contributed by atoms with E-state index in [1.165, 1.54) is 16.4 Å². The van der Waals surface area contributed by atoms with Crippen molar-refractivity contribution in [2.24, 2.45) is 5.92 Å². The maximum absolute atomic E-state index is 13.1. The number of benzene rings is 1. The molecular weight excluding hydrogens is 343 g/mol. The number of rotatable bonds is 3. The number of carbonyl (C=O) groups excluding carboxylic acids is 1. The molecule has 2 saturated heterocycles. The zero-order valence-electron chi connectivity index (χ0n) is 14.5. The number of likely N-dealkylation sites (tertiary alicyclic amines) is 1. The standard InChI is InChI=1S/C18H25FN2O3S/c1-14-5-2-3-12-21(14)18(22)15-6-4-11-20(13-15)25(23,24)17-9-7-16(19)8-10-17/h7-10,14-15H,2-6,11-13H2,1H3. The SMILES string of the molecule is CC1CCCCN1C(=O)C1CCCN(S(=O)(=O)c2ccc(F)cc2)C1. The van der Waals surface area contributed by atoms with Crippen LogP contribution < -0.4 is 0 Å². The molecule has 0 aromatic heterocycles. The average molecular weight is 368 g/mol. The van der Waals surface area contributed by atoms with Gasteiger partial charge in [-0.2, -0.15) is 4.31 Å². The minimum Gasteiger partial charge on any atom is -0.340 e. The topological polar surface area (TPSA) is 57.7 Å². The summed E-state index contributed by atoms with van der Waals surface area (Å²) < 4.78 is 40.0. The zero-order valence-corrected chi connectivity index (χ0v) is 15.3. The van der Waals surface area contributed by atoms with Crippen LogP contribution >= 0.6 is 0 Å². The predicted octanol–water partition coefficient (Wildman–Crippen LogP) is 2.63. The summed E-state index contributed by atoms with van der Waals surface area (Å²) in [7, 11) is -3.69. The molecule has 1 amide bonds. The highest BCUT2D eigenvalue weighted by atomic mass is 32.2. The van der Waals surface area contributed by atoms with Crippen LogP contribution in [0.4, 0.5) is 4.39 Å². The number of sulfonamides is 1.